The quantitative estimate of drug-likeness (QED) is 0.0280. The molecule has 0 aromatic heterocycles. The van der Waals surface area contributed by atoms with E-state index in [9.17, 15) is 0 Å². The Balaban J connectivity index is 3.95. The number of allylic oxidation sites excluding steroid dienone is 8. The average molecular weight is 677 g/mol. The van der Waals surface area contributed by atoms with Gasteiger partial charge in [0.05, 0.1) is 27.7 Å². The van der Waals surface area contributed by atoms with Crippen molar-refractivity contribution in [3.05, 3.63) is 48.6 Å². The minimum absolute atomic E-state index is 0.866. The molecule has 0 aliphatic rings. The SMILES string of the molecule is CCCCCC=CCC=CCCCCCCCCC(CCCCCCCCC=CCC=CCCCCC)SSCCC[N+](C)(C)C. The van der Waals surface area contributed by atoms with Gasteiger partial charge in [-0.15, -0.1) is 0 Å². The van der Waals surface area contributed by atoms with Crippen molar-refractivity contribution in [1.29, 1.82) is 0 Å². The molecule has 0 saturated heterocycles. The van der Waals surface area contributed by atoms with Gasteiger partial charge in [-0.25, -0.2) is 0 Å². The Labute approximate surface area is 299 Å². The van der Waals surface area contributed by atoms with Gasteiger partial charge in [0.2, 0.25) is 0 Å². The Morgan fingerprint density at radius 3 is 1.20 bits per heavy atom. The van der Waals surface area contributed by atoms with E-state index in [0.29, 0.717) is 0 Å². The maximum atomic E-state index is 2.41. The maximum Gasteiger partial charge on any atom is 0.0788 e. The van der Waals surface area contributed by atoms with Crippen LogP contribution in [-0.4, -0.2) is 43.2 Å². The van der Waals surface area contributed by atoms with Gasteiger partial charge in [0.15, 0.2) is 0 Å². The third-order valence-electron chi connectivity index (χ3n) is 8.71. The summed E-state index contributed by atoms with van der Waals surface area (Å²) in [5.41, 5.74) is 0. The molecule has 0 aromatic rings. The predicted octanol–water partition coefficient (Wildman–Crippen LogP) is 15.2. The van der Waals surface area contributed by atoms with Crippen LogP contribution < -0.4 is 0 Å². The van der Waals surface area contributed by atoms with Crippen molar-refractivity contribution in [2.75, 3.05) is 33.4 Å². The number of hydrogen-bond donors (Lipinski definition) is 0. The van der Waals surface area contributed by atoms with Crippen LogP contribution >= 0.6 is 21.6 Å². The van der Waals surface area contributed by atoms with E-state index in [1.165, 1.54) is 173 Å². The topological polar surface area (TPSA) is 0 Å². The van der Waals surface area contributed by atoms with Crippen molar-refractivity contribution in [2.24, 2.45) is 0 Å². The number of rotatable bonds is 36. The minimum Gasteiger partial charge on any atom is -0.331 e. The minimum atomic E-state index is 0.866. The van der Waals surface area contributed by atoms with E-state index in [1.807, 2.05) is 0 Å². The van der Waals surface area contributed by atoms with Gasteiger partial charge in [-0.3, -0.25) is 0 Å². The van der Waals surface area contributed by atoms with Crippen molar-refractivity contribution in [1.82, 2.24) is 0 Å². The van der Waals surface area contributed by atoms with Crippen LogP contribution in [0.15, 0.2) is 48.6 Å². The molecule has 0 aromatic carbocycles. The number of quaternary nitrogens is 1. The lowest BCUT2D eigenvalue weighted by Crippen LogP contribution is -2.35. The highest BCUT2D eigenvalue weighted by molar-refractivity contribution is 8.76. The predicted molar refractivity (Wildman–Crippen MR) is 219 cm³/mol. The van der Waals surface area contributed by atoms with Gasteiger partial charge in [-0.05, 0) is 77.0 Å². The number of nitrogens with zero attached hydrogens (tertiary/aromatic N) is 1. The molecular formula is C43H82NS2+. The van der Waals surface area contributed by atoms with Crippen molar-refractivity contribution in [3.63, 3.8) is 0 Å². The highest BCUT2D eigenvalue weighted by Crippen LogP contribution is 2.34. The fourth-order valence-electron chi connectivity index (χ4n) is 5.70. The zero-order valence-electron chi connectivity index (χ0n) is 32.0. The second kappa shape index (κ2) is 37.4. The summed E-state index contributed by atoms with van der Waals surface area (Å²) in [5.74, 6) is 1.31. The second-order valence-corrected chi connectivity index (χ2v) is 17.4. The highest BCUT2D eigenvalue weighted by atomic mass is 33.1. The van der Waals surface area contributed by atoms with E-state index in [4.69, 9.17) is 0 Å². The van der Waals surface area contributed by atoms with Crippen molar-refractivity contribution in [2.45, 2.75) is 192 Å². The molecule has 46 heavy (non-hydrogen) atoms. The van der Waals surface area contributed by atoms with Crippen LogP contribution in [0.4, 0.5) is 0 Å². The molecule has 0 amide bonds. The van der Waals surface area contributed by atoms with Gasteiger partial charge in [-0.2, -0.15) is 0 Å². The van der Waals surface area contributed by atoms with Crippen molar-refractivity contribution >= 4 is 21.6 Å². The van der Waals surface area contributed by atoms with E-state index in [2.05, 4.69) is 105 Å². The molecular weight excluding hydrogens is 595 g/mol. The molecule has 0 heterocycles. The molecule has 0 radical (unpaired) electrons. The molecule has 0 fully saturated rings. The van der Waals surface area contributed by atoms with E-state index in [1.54, 1.807) is 0 Å². The molecule has 0 aliphatic carbocycles. The van der Waals surface area contributed by atoms with Crippen LogP contribution in [0.5, 0.6) is 0 Å². The molecule has 0 bridgehead atoms. The molecule has 1 nitrogen and oxygen atoms in total. The lowest BCUT2D eigenvalue weighted by atomic mass is 10.0. The van der Waals surface area contributed by atoms with Crippen LogP contribution in [0.1, 0.15) is 187 Å². The monoisotopic (exact) mass is 677 g/mol. The fourth-order valence-corrected chi connectivity index (χ4v) is 8.56. The Morgan fingerprint density at radius 1 is 0.435 bits per heavy atom. The van der Waals surface area contributed by atoms with Crippen LogP contribution in [0, 0.1) is 0 Å². The Bertz CT molecular complexity index is 654. The summed E-state index contributed by atoms with van der Waals surface area (Å²) in [5, 5.41) is 0.866. The summed E-state index contributed by atoms with van der Waals surface area (Å²) in [4.78, 5) is 0. The van der Waals surface area contributed by atoms with Gasteiger partial charge in [0.25, 0.3) is 0 Å². The summed E-state index contributed by atoms with van der Waals surface area (Å²) in [6.45, 7) is 5.84. The fraction of sp³-hybridized carbons (Fsp3) is 0.814. The van der Waals surface area contributed by atoms with Crippen LogP contribution in [0.3, 0.4) is 0 Å². The van der Waals surface area contributed by atoms with E-state index in [0.717, 1.165) is 22.6 Å². The standard InChI is InChI=1S/C43H82NS2/c1-6-8-10-12-14-16-18-20-22-24-26-28-30-32-34-36-39-43(46-45-42-38-41-44(3,4)5)40-37-35-33-31-29-27-25-23-21-19-17-15-13-11-9-7-2/h14-17,20-23,43H,6-13,18-19,24-42H2,1-5H3/q+1. The van der Waals surface area contributed by atoms with Crippen LogP contribution in [0.2, 0.25) is 0 Å². The van der Waals surface area contributed by atoms with Gasteiger partial charge in [0, 0.05) is 17.4 Å². The molecule has 0 aliphatic heterocycles. The molecule has 0 unspecified atom stereocenters. The second-order valence-electron chi connectivity index (χ2n) is 14.7. The first-order valence-electron chi connectivity index (χ1n) is 20.2. The molecule has 0 rings (SSSR count). The van der Waals surface area contributed by atoms with Gasteiger partial charge in [-0.1, -0.05) is 174 Å². The number of unbranched alkanes of at least 4 members (excludes halogenated alkanes) is 18. The van der Waals surface area contributed by atoms with Crippen molar-refractivity contribution in [3.8, 4) is 0 Å². The zero-order valence-corrected chi connectivity index (χ0v) is 33.6. The normalized spacial score (nSPS) is 13.4. The summed E-state index contributed by atoms with van der Waals surface area (Å²) in [6.07, 6.45) is 55.5. The van der Waals surface area contributed by atoms with Gasteiger partial charge >= 0.3 is 0 Å². The van der Waals surface area contributed by atoms with Crippen LogP contribution in [0.25, 0.3) is 0 Å². The summed E-state index contributed by atoms with van der Waals surface area (Å²) in [6, 6.07) is 0. The van der Waals surface area contributed by atoms with E-state index in [-0.39, 0.29) is 0 Å². The zero-order chi connectivity index (χ0) is 33.7. The summed E-state index contributed by atoms with van der Waals surface area (Å²) < 4.78 is 1.09. The van der Waals surface area contributed by atoms with Gasteiger partial charge < -0.3 is 4.48 Å². The first kappa shape index (κ1) is 45.6. The average Bonchev–Trinajstić information content (AvgIpc) is 3.03. The molecule has 0 N–H and O–H groups in total. The lowest BCUT2D eigenvalue weighted by Gasteiger charge is -2.23. The summed E-state index contributed by atoms with van der Waals surface area (Å²) in [7, 11) is 11.3. The summed E-state index contributed by atoms with van der Waals surface area (Å²) >= 11 is 0. The Morgan fingerprint density at radius 2 is 0.804 bits per heavy atom. The highest BCUT2D eigenvalue weighted by Gasteiger charge is 2.11. The third kappa shape index (κ3) is 39.8. The number of hydrogen-bond acceptors (Lipinski definition) is 2. The first-order chi connectivity index (χ1) is 22.5. The van der Waals surface area contributed by atoms with E-state index >= 15 is 0 Å². The smallest absolute Gasteiger partial charge is 0.0788 e. The first-order valence-corrected chi connectivity index (χ1v) is 22.6. The molecule has 0 atom stereocenters. The Hall–Kier alpha value is -0.380. The molecule has 0 spiro atoms. The van der Waals surface area contributed by atoms with Crippen LogP contribution in [-0.2, 0) is 0 Å². The molecule has 270 valence electrons. The third-order valence-corrected chi connectivity index (χ3v) is 11.8. The maximum absolute atomic E-state index is 2.41. The van der Waals surface area contributed by atoms with E-state index < -0.39 is 0 Å². The largest absolute Gasteiger partial charge is 0.331 e. The molecule has 0 saturated carbocycles. The van der Waals surface area contributed by atoms with Crippen molar-refractivity contribution < 1.29 is 4.48 Å². The molecule has 3 heteroatoms. The van der Waals surface area contributed by atoms with Gasteiger partial charge in [0.1, 0.15) is 0 Å². The lowest BCUT2D eigenvalue weighted by molar-refractivity contribution is -0.870. The Kier molecular flexibility index (Phi) is 37.1.